The van der Waals surface area contributed by atoms with E-state index in [4.69, 9.17) is 0 Å². The zero-order valence-electron chi connectivity index (χ0n) is 10.9. The summed E-state index contributed by atoms with van der Waals surface area (Å²) < 4.78 is 62.3. The molecule has 116 valence electrons. The molecule has 0 bridgehead atoms. The summed E-state index contributed by atoms with van der Waals surface area (Å²) in [6, 6.07) is 5.63. The lowest BCUT2D eigenvalue weighted by molar-refractivity contribution is -0.193. The van der Waals surface area contributed by atoms with E-state index in [-0.39, 0.29) is 26.2 Å². The molecule has 1 aliphatic rings. The van der Waals surface area contributed by atoms with Crippen LogP contribution >= 0.6 is 0 Å². The predicted octanol–water partition coefficient (Wildman–Crippen LogP) is 2.37. The van der Waals surface area contributed by atoms with E-state index < -0.39 is 24.1 Å². The summed E-state index contributed by atoms with van der Waals surface area (Å²) in [5, 5.41) is 0. The maximum atomic E-state index is 13.0. The molecule has 1 saturated heterocycles. The van der Waals surface area contributed by atoms with Gasteiger partial charge in [0.15, 0.2) is 0 Å². The largest absolute Gasteiger partial charge is 0.428 e. The predicted molar refractivity (Wildman–Crippen MR) is 66.1 cm³/mol. The number of anilines is 1. The number of halogens is 5. The van der Waals surface area contributed by atoms with E-state index in [9.17, 15) is 26.7 Å². The lowest BCUT2D eigenvalue weighted by atomic mass is 10.2. The molecule has 0 aliphatic carbocycles. The van der Waals surface area contributed by atoms with Crippen LogP contribution in [0.15, 0.2) is 24.3 Å². The number of alkyl halides is 4. The number of nitrogens with zero attached hydrogens (tertiary/aromatic N) is 2. The van der Waals surface area contributed by atoms with Gasteiger partial charge >= 0.3 is 6.18 Å². The van der Waals surface area contributed by atoms with Crippen LogP contribution in [-0.4, -0.2) is 49.3 Å². The van der Waals surface area contributed by atoms with Crippen molar-refractivity contribution in [2.75, 3.05) is 31.1 Å². The Balaban J connectivity index is 1.94. The highest BCUT2D eigenvalue weighted by Crippen LogP contribution is 2.25. The maximum absolute atomic E-state index is 13.0. The third kappa shape index (κ3) is 3.62. The first-order chi connectivity index (χ1) is 9.79. The average Bonchev–Trinajstić information content (AvgIpc) is 2.46. The Morgan fingerprint density at radius 1 is 1.05 bits per heavy atom. The second-order valence-corrected chi connectivity index (χ2v) is 4.69. The minimum atomic E-state index is -5.18. The number of hydrogen-bond donors (Lipinski definition) is 0. The molecule has 8 heteroatoms. The second kappa shape index (κ2) is 5.87. The smallest absolute Gasteiger partial charge is 0.368 e. The topological polar surface area (TPSA) is 23.6 Å². The van der Waals surface area contributed by atoms with E-state index in [1.54, 1.807) is 17.0 Å². The molecule has 1 amide bonds. The summed E-state index contributed by atoms with van der Waals surface area (Å²) in [5.41, 5.74) is 0.705. The van der Waals surface area contributed by atoms with Gasteiger partial charge in [0, 0.05) is 31.9 Å². The molecule has 1 unspecified atom stereocenters. The van der Waals surface area contributed by atoms with Gasteiger partial charge in [0.25, 0.3) is 12.1 Å². The van der Waals surface area contributed by atoms with Crippen LogP contribution in [-0.2, 0) is 4.79 Å². The Morgan fingerprint density at radius 2 is 1.57 bits per heavy atom. The van der Waals surface area contributed by atoms with Crippen LogP contribution in [0.4, 0.5) is 27.6 Å². The molecular formula is C13H13F5N2O. The molecular weight excluding hydrogens is 295 g/mol. The molecule has 0 aromatic heterocycles. The van der Waals surface area contributed by atoms with Crippen molar-refractivity contribution in [3.05, 3.63) is 30.1 Å². The highest BCUT2D eigenvalue weighted by atomic mass is 19.4. The monoisotopic (exact) mass is 308 g/mol. The molecule has 1 aromatic rings. The maximum Gasteiger partial charge on any atom is 0.428 e. The number of amides is 1. The Bertz CT molecular complexity index is 494. The Labute approximate surface area is 117 Å². The standard InChI is InChI=1S/C13H13F5N2O/c14-9-1-3-10(4-2-9)19-5-7-20(8-6-19)12(21)11(15)13(16,17)18/h1-4,11H,5-8H2. The molecule has 1 atom stereocenters. The Kier molecular flexibility index (Phi) is 4.34. The quantitative estimate of drug-likeness (QED) is 0.783. The summed E-state index contributed by atoms with van der Waals surface area (Å²) >= 11 is 0. The first-order valence-corrected chi connectivity index (χ1v) is 6.29. The molecule has 21 heavy (non-hydrogen) atoms. The Morgan fingerprint density at radius 3 is 2.05 bits per heavy atom. The van der Waals surface area contributed by atoms with Gasteiger partial charge in [-0.15, -0.1) is 0 Å². The normalized spacial score (nSPS) is 17.8. The highest BCUT2D eigenvalue weighted by molar-refractivity contribution is 5.82. The van der Waals surface area contributed by atoms with Crippen molar-refractivity contribution in [1.82, 2.24) is 4.90 Å². The first kappa shape index (κ1) is 15.5. The van der Waals surface area contributed by atoms with Crippen LogP contribution in [0, 0.1) is 5.82 Å². The van der Waals surface area contributed by atoms with E-state index in [1.807, 2.05) is 0 Å². The summed E-state index contributed by atoms with van der Waals surface area (Å²) in [6.45, 7) is 0.517. The molecule has 0 spiro atoms. The lowest BCUT2D eigenvalue weighted by Gasteiger charge is -2.36. The highest BCUT2D eigenvalue weighted by Gasteiger charge is 2.47. The summed E-state index contributed by atoms with van der Waals surface area (Å²) in [5.74, 6) is -1.95. The fraction of sp³-hybridized carbons (Fsp3) is 0.462. The van der Waals surface area contributed by atoms with Crippen LogP contribution in [0.1, 0.15) is 0 Å². The van der Waals surface area contributed by atoms with Crippen molar-refractivity contribution in [2.24, 2.45) is 0 Å². The van der Waals surface area contributed by atoms with Crippen LogP contribution in [0.5, 0.6) is 0 Å². The summed E-state index contributed by atoms with van der Waals surface area (Å²) in [4.78, 5) is 14.1. The van der Waals surface area contributed by atoms with Crippen molar-refractivity contribution in [1.29, 1.82) is 0 Å². The van der Waals surface area contributed by atoms with Gasteiger partial charge in [-0.25, -0.2) is 8.78 Å². The van der Waals surface area contributed by atoms with Gasteiger partial charge in [0.1, 0.15) is 5.82 Å². The second-order valence-electron chi connectivity index (χ2n) is 4.69. The molecule has 0 saturated carbocycles. The van der Waals surface area contributed by atoms with Gasteiger partial charge in [-0.2, -0.15) is 13.2 Å². The molecule has 2 rings (SSSR count). The molecule has 1 fully saturated rings. The minimum absolute atomic E-state index is 0.00723. The molecule has 1 aromatic carbocycles. The first-order valence-electron chi connectivity index (χ1n) is 6.29. The molecule has 0 radical (unpaired) electrons. The van der Waals surface area contributed by atoms with Crippen molar-refractivity contribution >= 4 is 11.6 Å². The minimum Gasteiger partial charge on any atom is -0.368 e. The van der Waals surface area contributed by atoms with Gasteiger partial charge < -0.3 is 9.80 Å². The Hall–Kier alpha value is -1.86. The van der Waals surface area contributed by atoms with Crippen molar-refractivity contribution in [2.45, 2.75) is 12.3 Å². The molecule has 1 heterocycles. The molecule has 0 N–H and O–H groups in total. The van der Waals surface area contributed by atoms with Gasteiger partial charge in [0.2, 0.25) is 0 Å². The zero-order valence-corrected chi connectivity index (χ0v) is 10.9. The van der Waals surface area contributed by atoms with Gasteiger partial charge in [-0.05, 0) is 24.3 Å². The van der Waals surface area contributed by atoms with E-state index in [1.165, 1.54) is 12.1 Å². The molecule has 1 aliphatic heterocycles. The fourth-order valence-electron chi connectivity index (χ4n) is 2.14. The van der Waals surface area contributed by atoms with E-state index in [2.05, 4.69) is 0 Å². The third-order valence-corrected chi connectivity index (χ3v) is 3.29. The molecule has 3 nitrogen and oxygen atoms in total. The number of piperazine rings is 1. The summed E-state index contributed by atoms with van der Waals surface area (Å²) in [6.07, 6.45) is -8.65. The van der Waals surface area contributed by atoms with Gasteiger partial charge in [-0.1, -0.05) is 0 Å². The van der Waals surface area contributed by atoms with Crippen molar-refractivity contribution < 1.29 is 26.7 Å². The summed E-state index contributed by atoms with van der Waals surface area (Å²) in [7, 11) is 0. The zero-order chi connectivity index (χ0) is 15.6. The van der Waals surface area contributed by atoms with Crippen LogP contribution in [0.3, 0.4) is 0 Å². The van der Waals surface area contributed by atoms with Crippen LogP contribution < -0.4 is 4.90 Å². The number of benzene rings is 1. The third-order valence-electron chi connectivity index (χ3n) is 3.29. The number of hydrogen-bond acceptors (Lipinski definition) is 2. The number of carbonyl (C=O) groups is 1. The lowest BCUT2D eigenvalue weighted by Crippen LogP contribution is -2.53. The average molecular weight is 308 g/mol. The SMILES string of the molecule is O=C(C(F)C(F)(F)F)N1CCN(c2ccc(F)cc2)CC1. The van der Waals surface area contributed by atoms with Gasteiger partial charge in [-0.3, -0.25) is 4.79 Å². The van der Waals surface area contributed by atoms with Gasteiger partial charge in [0.05, 0.1) is 0 Å². The number of rotatable bonds is 2. The van der Waals surface area contributed by atoms with Crippen molar-refractivity contribution in [3.8, 4) is 0 Å². The van der Waals surface area contributed by atoms with E-state index in [0.717, 1.165) is 4.90 Å². The van der Waals surface area contributed by atoms with Crippen LogP contribution in [0.25, 0.3) is 0 Å². The van der Waals surface area contributed by atoms with Crippen molar-refractivity contribution in [3.63, 3.8) is 0 Å². The van der Waals surface area contributed by atoms with E-state index >= 15 is 0 Å². The van der Waals surface area contributed by atoms with Crippen LogP contribution in [0.2, 0.25) is 0 Å². The van der Waals surface area contributed by atoms with E-state index in [0.29, 0.717) is 5.69 Å². The fourth-order valence-corrected chi connectivity index (χ4v) is 2.14. The number of carbonyl (C=O) groups excluding carboxylic acids is 1.